The maximum absolute atomic E-state index is 12.3. The lowest BCUT2D eigenvalue weighted by Crippen LogP contribution is -2.48. The van der Waals surface area contributed by atoms with E-state index in [1.54, 1.807) is 12.1 Å². The second-order valence-electron chi connectivity index (χ2n) is 4.66. The Bertz CT molecular complexity index is 695. The molecule has 1 aliphatic rings. The van der Waals surface area contributed by atoms with E-state index < -0.39 is 20.0 Å². The lowest BCUT2D eigenvalue weighted by molar-refractivity contribution is 0.362. The zero-order chi connectivity index (χ0) is 15.5. The number of sulfone groups is 1. The number of piperazine rings is 1. The van der Waals surface area contributed by atoms with E-state index in [1.165, 1.54) is 23.4 Å². The van der Waals surface area contributed by atoms with E-state index >= 15 is 0 Å². The van der Waals surface area contributed by atoms with Crippen LogP contribution in [-0.4, -0.2) is 53.1 Å². The number of nitrogens with one attached hydrogen (secondary N) is 2. The molecule has 1 heterocycles. The van der Waals surface area contributed by atoms with Gasteiger partial charge in [0.2, 0.25) is 0 Å². The van der Waals surface area contributed by atoms with Crippen LogP contribution in [0.2, 0.25) is 0 Å². The van der Waals surface area contributed by atoms with Crippen molar-refractivity contribution in [3.05, 3.63) is 24.3 Å². The highest BCUT2D eigenvalue weighted by Gasteiger charge is 2.26. The molecule has 0 aromatic heterocycles. The van der Waals surface area contributed by atoms with E-state index in [0.717, 1.165) is 0 Å². The number of benzene rings is 1. The average Bonchev–Trinajstić information content (AvgIpc) is 2.48. The first-order chi connectivity index (χ1) is 9.87. The first-order valence-electron chi connectivity index (χ1n) is 6.67. The molecular weight excluding hydrogens is 314 g/mol. The zero-order valence-electron chi connectivity index (χ0n) is 11.7. The van der Waals surface area contributed by atoms with Gasteiger partial charge in [-0.1, -0.05) is 19.1 Å². The molecule has 0 aliphatic carbocycles. The summed E-state index contributed by atoms with van der Waals surface area (Å²) < 4.78 is 52.4. The summed E-state index contributed by atoms with van der Waals surface area (Å²) in [6.45, 7) is 3.40. The highest BCUT2D eigenvalue weighted by Crippen LogP contribution is 2.23. The van der Waals surface area contributed by atoms with Crippen LogP contribution in [-0.2, 0) is 20.0 Å². The molecule has 0 atom stereocenters. The van der Waals surface area contributed by atoms with Gasteiger partial charge >= 0.3 is 10.2 Å². The molecule has 118 valence electrons. The maximum Gasteiger partial charge on any atom is 0.301 e. The molecule has 21 heavy (non-hydrogen) atoms. The Morgan fingerprint density at radius 3 is 2.38 bits per heavy atom. The first kappa shape index (κ1) is 16.2. The number of para-hydroxylation sites is 1. The third-order valence-electron chi connectivity index (χ3n) is 3.26. The largest absolute Gasteiger partial charge is 0.314 e. The molecule has 9 heteroatoms. The average molecular weight is 333 g/mol. The first-order valence-corrected chi connectivity index (χ1v) is 9.76. The van der Waals surface area contributed by atoms with Crippen molar-refractivity contribution in [2.45, 2.75) is 11.8 Å². The summed E-state index contributed by atoms with van der Waals surface area (Å²) >= 11 is 0. The normalized spacial score (nSPS) is 17.6. The van der Waals surface area contributed by atoms with Crippen LogP contribution < -0.4 is 10.0 Å². The molecule has 2 N–H and O–H groups in total. The van der Waals surface area contributed by atoms with Gasteiger partial charge < -0.3 is 5.32 Å². The molecule has 0 unspecified atom stereocenters. The monoisotopic (exact) mass is 333 g/mol. The van der Waals surface area contributed by atoms with Gasteiger partial charge in [0.05, 0.1) is 16.3 Å². The van der Waals surface area contributed by atoms with E-state index in [1.807, 2.05) is 0 Å². The van der Waals surface area contributed by atoms with Gasteiger partial charge in [-0.25, -0.2) is 8.42 Å². The Morgan fingerprint density at radius 1 is 1.14 bits per heavy atom. The highest BCUT2D eigenvalue weighted by atomic mass is 32.2. The number of hydrogen-bond acceptors (Lipinski definition) is 5. The minimum atomic E-state index is -3.75. The van der Waals surface area contributed by atoms with Gasteiger partial charge in [-0.3, -0.25) is 4.72 Å². The van der Waals surface area contributed by atoms with E-state index in [0.29, 0.717) is 26.2 Å². The third-order valence-corrected chi connectivity index (χ3v) is 6.57. The van der Waals surface area contributed by atoms with Crippen LogP contribution in [0.3, 0.4) is 0 Å². The lowest BCUT2D eigenvalue weighted by Gasteiger charge is -2.27. The second-order valence-corrected chi connectivity index (χ2v) is 8.57. The summed E-state index contributed by atoms with van der Waals surface area (Å²) in [5.74, 6) is -0.0840. The Hall–Kier alpha value is -1.16. The van der Waals surface area contributed by atoms with Crippen LogP contribution in [0.25, 0.3) is 0 Å². The Kier molecular flexibility index (Phi) is 4.87. The third kappa shape index (κ3) is 3.73. The highest BCUT2D eigenvalue weighted by molar-refractivity contribution is 7.92. The SMILES string of the molecule is CCS(=O)(=O)c1ccccc1NS(=O)(=O)N1CCNCC1. The minimum Gasteiger partial charge on any atom is -0.314 e. The van der Waals surface area contributed by atoms with Gasteiger partial charge in [0.15, 0.2) is 9.84 Å². The maximum atomic E-state index is 12.3. The van der Waals surface area contributed by atoms with Crippen molar-refractivity contribution in [3.63, 3.8) is 0 Å². The summed E-state index contributed by atoms with van der Waals surface area (Å²) in [5.41, 5.74) is 0.0953. The van der Waals surface area contributed by atoms with Gasteiger partial charge in [0, 0.05) is 26.2 Å². The summed E-state index contributed by atoms with van der Waals surface area (Å²) in [6, 6.07) is 6.05. The summed E-state index contributed by atoms with van der Waals surface area (Å²) in [5, 5.41) is 3.07. The minimum absolute atomic E-state index is 0.00575. The number of rotatable bonds is 5. The van der Waals surface area contributed by atoms with Gasteiger partial charge in [0.1, 0.15) is 0 Å². The topological polar surface area (TPSA) is 95.6 Å². The van der Waals surface area contributed by atoms with Gasteiger partial charge in [-0.05, 0) is 12.1 Å². The van der Waals surface area contributed by atoms with Crippen LogP contribution in [0.1, 0.15) is 6.92 Å². The fourth-order valence-corrected chi connectivity index (χ4v) is 4.43. The second kappa shape index (κ2) is 6.30. The summed E-state index contributed by atoms with van der Waals surface area (Å²) in [4.78, 5) is 0.00575. The van der Waals surface area contributed by atoms with Gasteiger partial charge in [-0.15, -0.1) is 0 Å². The van der Waals surface area contributed by atoms with Crippen molar-refractivity contribution in [1.29, 1.82) is 0 Å². The molecule has 7 nitrogen and oxygen atoms in total. The van der Waals surface area contributed by atoms with Crippen molar-refractivity contribution < 1.29 is 16.8 Å². The van der Waals surface area contributed by atoms with Gasteiger partial charge in [0.25, 0.3) is 0 Å². The quantitative estimate of drug-likeness (QED) is 0.793. The molecule has 0 saturated carbocycles. The van der Waals surface area contributed by atoms with E-state index in [9.17, 15) is 16.8 Å². The molecule has 1 saturated heterocycles. The van der Waals surface area contributed by atoms with Crippen LogP contribution in [0, 0.1) is 0 Å². The predicted octanol–water partition coefficient (Wildman–Crippen LogP) is 0.0421. The number of anilines is 1. The van der Waals surface area contributed by atoms with Crippen LogP contribution in [0.4, 0.5) is 5.69 Å². The molecule has 0 spiro atoms. The fraction of sp³-hybridized carbons (Fsp3) is 0.500. The van der Waals surface area contributed by atoms with Crippen molar-refractivity contribution in [3.8, 4) is 0 Å². The Morgan fingerprint density at radius 2 is 1.76 bits per heavy atom. The Labute approximate surface area is 125 Å². The summed E-state index contributed by atoms with van der Waals surface area (Å²) in [6.07, 6.45) is 0. The number of hydrogen-bond donors (Lipinski definition) is 2. The standard InChI is InChI=1S/C12H19N3O4S2/c1-2-20(16,17)12-6-4-3-5-11(12)14-21(18,19)15-9-7-13-8-10-15/h3-6,13-14H,2,7-10H2,1H3. The van der Waals surface area contributed by atoms with Crippen molar-refractivity contribution in [2.75, 3.05) is 36.7 Å². The molecule has 1 aromatic carbocycles. The van der Waals surface area contributed by atoms with E-state index in [4.69, 9.17) is 0 Å². The smallest absolute Gasteiger partial charge is 0.301 e. The van der Waals surface area contributed by atoms with E-state index in [-0.39, 0.29) is 16.3 Å². The van der Waals surface area contributed by atoms with Crippen molar-refractivity contribution >= 4 is 25.7 Å². The molecule has 1 aromatic rings. The molecule has 1 fully saturated rings. The summed E-state index contributed by atoms with van der Waals surface area (Å²) in [7, 11) is -7.24. The molecule has 2 rings (SSSR count). The molecule has 0 amide bonds. The zero-order valence-corrected chi connectivity index (χ0v) is 13.4. The fourth-order valence-electron chi connectivity index (χ4n) is 2.07. The molecule has 0 bridgehead atoms. The predicted molar refractivity (Wildman–Crippen MR) is 81.2 cm³/mol. The molecule has 0 radical (unpaired) electrons. The van der Waals surface area contributed by atoms with Gasteiger partial charge in [-0.2, -0.15) is 12.7 Å². The number of nitrogens with zero attached hydrogens (tertiary/aromatic N) is 1. The Balaban J connectivity index is 2.31. The lowest BCUT2D eigenvalue weighted by atomic mass is 10.3. The molecule has 1 aliphatic heterocycles. The van der Waals surface area contributed by atoms with Crippen molar-refractivity contribution in [2.24, 2.45) is 0 Å². The van der Waals surface area contributed by atoms with Crippen LogP contribution in [0.15, 0.2) is 29.2 Å². The van der Waals surface area contributed by atoms with Crippen LogP contribution >= 0.6 is 0 Å². The van der Waals surface area contributed by atoms with Crippen LogP contribution in [0.5, 0.6) is 0 Å². The van der Waals surface area contributed by atoms with E-state index in [2.05, 4.69) is 10.0 Å². The molecular formula is C12H19N3O4S2. The van der Waals surface area contributed by atoms with Crippen molar-refractivity contribution in [1.82, 2.24) is 9.62 Å².